The molecule has 0 heterocycles. The minimum absolute atomic E-state index is 0.0622. The van der Waals surface area contributed by atoms with E-state index in [9.17, 15) is 9.59 Å². The molecule has 0 radical (unpaired) electrons. The number of phenolic OH excluding ortho intramolecular Hbond substituents is 1. The molecule has 114 valence electrons. The summed E-state index contributed by atoms with van der Waals surface area (Å²) >= 11 is 0. The van der Waals surface area contributed by atoms with Crippen molar-refractivity contribution in [3.8, 4) is 11.5 Å². The Hall–Kier alpha value is -3.02. The predicted octanol–water partition coefficient (Wildman–Crippen LogP) is 1.54. The maximum absolute atomic E-state index is 11.7. The summed E-state index contributed by atoms with van der Waals surface area (Å²) in [6.07, 6.45) is 0. The largest absolute Gasteiger partial charge is 0.508 e. The molecule has 0 aliphatic carbocycles. The van der Waals surface area contributed by atoms with E-state index in [1.165, 1.54) is 24.3 Å². The van der Waals surface area contributed by atoms with Crippen LogP contribution in [0.25, 0.3) is 0 Å². The number of hydrogen-bond donors (Lipinski definition) is 3. The normalized spacial score (nSPS) is 9.86. The number of hydrogen-bond acceptors (Lipinski definition) is 4. The Kier molecular flexibility index (Phi) is 4.98. The third-order valence-corrected chi connectivity index (χ3v) is 2.80. The molecule has 0 fully saturated rings. The average molecular weight is 300 g/mol. The van der Waals surface area contributed by atoms with E-state index in [2.05, 4.69) is 10.9 Å². The molecule has 0 atom stereocenters. The van der Waals surface area contributed by atoms with Gasteiger partial charge in [0.05, 0.1) is 0 Å². The van der Waals surface area contributed by atoms with E-state index in [-0.39, 0.29) is 12.4 Å². The zero-order valence-electron chi connectivity index (χ0n) is 12.0. The molecule has 6 nitrogen and oxygen atoms in total. The van der Waals surface area contributed by atoms with Crippen molar-refractivity contribution in [3.05, 3.63) is 59.7 Å². The number of rotatable bonds is 4. The molecular formula is C16H16N2O4. The van der Waals surface area contributed by atoms with Crippen molar-refractivity contribution in [3.63, 3.8) is 0 Å². The van der Waals surface area contributed by atoms with Crippen molar-refractivity contribution in [1.29, 1.82) is 0 Å². The maximum atomic E-state index is 11.7. The van der Waals surface area contributed by atoms with E-state index in [0.29, 0.717) is 11.3 Å². The Labute approximate surface area is 127 Å². The Bertz CT molecular complexity index is 668. The minimum atomic E-state index is -0.482. The number of aryl methyl sites for hydroxylation is 1. The lowest BCUT2D eigenvalue weighted by Crippen LogP contribution is -2.43. The lowest BCUT2D eigenvalue weighted by atomic mass is 10.2. The van der Waals surface area contributed by atoms with Crippen LogP contribution in [-0.4, -0.2) is 23.5 Å². The molecule has 0 saturated heterocycles. The van der Waals surface area contributed by atoms with Gasteiger partial charge in [0.25, 0.3) is 11.8 Å². The lowest BCUT2D eigenvalue weighted by Gasteiger charge is -2.09. The van der Waals surface area contributed by atoms with Crippen LogP contribution in [0.1, 0.15) is 15.9 Å². The van der Waals surface area contributed by atoms with E-state index < -0.39 is 11.8 Å². The fourth-order valence-corrected chi connectivity index (χ4v) is 1.70. The molecule has 2 amide bonds. The van der Waals surface area contributed by atoms with Crippen molar-refractivity contribution in [2.75, 3.05) is 6.61 Å². The van der Waals surface area contributed by atoms with Gasteiger partial charge in [0, 0.05) is 5.56 Å². The smallest absolute Gasteiger partial charge is 0.276 e. The van der Waals surface area contributed by atoms with E-state index in [0.717, 1.165) is 5.56 Å². The third-order valence-electron chi connectivity index (χ3n) is 2.80. The van der Waals surface area contributed by atoms with E-state index >= 15 is 0 Å². The topological polar surface area (TPSA) is 87.7 Å². The van der Waals surface area contributed by atoms with Crippen molar-refractivity contribution >= 4 is 11.8 Å². The molecule has 0 aliphatic heterocycles. The number of phenols is 1. The SMILES string of the molecule is Cc1cccc(OCC(=O)NNC(=O)c2ccc(O)cc2)c1. The first-order valence-corrected chi connectivity index (χ1v) is 6.62. The van der Waals surface area contributed by atoms with Gasteiger partial charge in [-0.15, -0.1) is 0 Å². The van der Waals surface area contributed by atoms with Crippen LogP contribution in [0.5, 0.6) is 11.5 Å². The van der Waals surface area contributed by atoms with Gasteiger partial charge in [-0.3, -0.25) is 20.4 Å². The van der Waals surface area contributed by atoms with Crippen molar-refractivity contribution < 1.29 is 19.4 Å². The highest BCUT2D eigenvalue weighted by molar-refractivity contribution is 5.95. The van der Waals surface area contributed by atoms with Crippen LogP contribution in [0.2, 0.25) is 0 Å². The van der Waals surface area contributed by atoms with E-state index in [1.54, 1.807) is 6.07 Å². The fraction of sp³-hybridized carbons (Fsp3) is 0.125. The summed E-state index contributed by atoms with van der Waals surface area (Å²) in [5.41, 5.74) is 5.86. The van der Waals surface area contributed by atoms with Crippen molar-refractivity contribution in [1.82, 2.24) is 10.9 Å². The first-order valence-electron chi connectivity index (χ1n) is 6.62. The third kappa shape index (κ3) is 4.52. The zero-order valence-corrected chi connectivity index (χ0v) is 12.0. The molecular weight excluding hydrogens is 284 g/mol. The molecule has 0 bridgehead atoms. The van der Waals surface area contributed by atoms with Gasteiger partial charge >= 0.3 is 0 Å². The number of aromatic hydroxyl groups is 1. The van der Waals surface area contributed by atoms with Gasteiger partial charge in [0.2, 0.25) is 0 Å². The second kappa shape index (κ2) is 7.12. The van der Waals surface area contributed by atoms with Crippen LogP contribution in [0.3, 0.4) is 0 Å². The highest BCUT2D eigenvalue weighted by atomic mass is 16.5. The van der Waals surface area contributed by atoms with Gasteiger partial charge in [-0.2, -0.15) is 0 Å². The first-order chi connectivity index (χ1) is 10.5. The Morgan fingerprint density at radius 1 is 1.09 bits per heavy atom. The summed E-state index contributed by atoms with van der Waals surface area (Å²) < 4.78 is 5.31. The number of carbonyl (C=O) groups is 2. The standard InChI is InChI=1S/C16H16N2O4/c1-11-3-2-4-14(9-11)22-10-15(20)17-18-16(21)12-5-7-13(19)8-6-12/h2-9,19H,10H2,1H3,(H,17,20)(H,18,21). The Morgan fingerprint density at radius 3 is 2.50 bits per heavy atom. The fourth-order valence-electron chi connectivity index (χ4n) is 1.70. The van der Waals surface area contributed by atoms with Crippen LogP contribution in [0.15, 0.2) is 48.5 Å². The van der Waals surface area contributed by atoms with Gasteiger partial charge in [0.1, 0.15) is 11.5 Å². The quantitative estimate of drug-likeness (QED) is 0.747. The van der Waals surface area contributed by atoms with Crippen LogP contribution in [0.4, 0.5) is 0 Å². The van der Waals surface area contributed by atoms with Crippen LogP contribution < -0.4 is 15.6 Å². The summed E-state index contributed by atoms with van der Waals surface area (Å²) in [6, 6.07) is 13.0. The molecule has 3 N–H and O–H groups in total. The predicted molar refractivity (Wildman–Crippen MR) is 80.4 cm³/mol. The van der Waals surface area contributed by atoms with Crippen LogP contribution in [-0.2, 0) is 4.79 Å². The first kappa shape index (κ1) is 15.4. The molecule has 0 spiro atoms. The number of amides is 2. The van der Waals surface area contributed by atoms with E-state index in [4.69, 9.17) is 9.84 Å². The molecule has 0 aliphatic rings. The number of hydrazine groups is 1. The zero-order chi connectivity index (χ0) is 15.9. The lowest BCUT2D eigenvalue weighted by molar-refractivity contribution is -0.123. The summed E-state index contributed by atoms with van der Waals surface area (Å²) in [5.74, 6) is -0.315. The van der Waals surface area contributed by atoms with Crippen LogP contribution in [0, 0.1) is 6.92 Å². The number of ether oxygens (including phenoxy) is 1. The van der Waals surface area contributed by atoms with Crippen LogP contribution >= 0.6 is 0 Å². The van der Waals surface area contributed by atoms with Gasteiger partial charge in [0.15, 0.2) is 6.61 Å². The second-order valence-electron chi connectivity index (χ2n) is 4.65. The summed E-state index contributed by atoms with van der Waals surface area (Å²) in [6.45, 7) is 1.71. The van der Waals surface area contributed by atoms with E-state index in [1.807, 2.05) is 25.1 Å². The Morgan fingerprint density at radius 2 is 1.82 bits per heavy atom. The highest BCUT2D eigenvalue weighted by Crippen LogP contribution is 2.12. The molecule has 2 aromatic rings. The number of benzene rings is 2. The summed E-state index contributed by atoms with van der Waals surface area (Å²) in [7, 11) is 0. The molecule has 0 aromatic heterocycles. The Balaban J connectivity index is 1.78. The minimum Gasteiger partial charge on any atom is -0.508 e. The van der Waals surface area contributed by atoms with Gasteiger partial charge in [-0.1, -0.05) is 12.1 Å². The number of nitrogens with one attached hydrogen (secondary N) is 2. The molecule has 22 heavy (non-hydrogen) atoms. The molecule has 6 heteroatoms. The van der Waals surface area contributed by atoms with Gasteiger partial charge in [-0.25, -0.2) is 0 Å². The maximum Gasteiger partial charge on any atom is 0.276 e. The molecule has 2 rings (SSSR count). The molecule has 2 aromatic carbocycles. The second-order valence-corrected chi connectivity index (χ2v) is 4.65. The number of carbonyl (C=O) groups excluding carboxylic acids is 2. The molecule has 0 saturated carbocycles. The highest BCUT2D eigenvalue weighted by Gasteiger charge is 2.08. The summed E-state index contributed by atoms with van der Waals surface area (Å²) in [4.78, 5) is 23.3. The van der Waals surface area contributed by atoms with Gasteiger partial charge in [-0.05, 0) is 48.9 Å². The van der Waals surface area contributed by atoms with Crippen molar-refractivity contribution in [2.24, 2.45) is 0 Å². The molecule has 0 unspecified atom stereocenters. The summed E-state index contributed by atoms with van der Waals surface area (Å²) in [5, 5.41) is 9.14. The average Bonchev–Trinajstić information content (AvgIpc) is 2.51. The monoisotopic (exact) mass is 300 g/mol. The van der Waals surface area contributed by atoms with Gasteiger partial charge < -0.3 is 9.84 Å². The van der Waals surface area contributed by atoms with Crippen molar-refractivity contribution in [2.45, 2.75) is 6.92 Å².